The third-order valence-corrected chi connectivity index (χ3v) is 5.40. The summed E-state index contributed by atoms with van der Waals surface area (Å²) in [5.41, 5.74) is 4.99. The lowest BCUT2D eigenvalue weighted by Gasteiger charge is -2.25. The fourth-order valence-corrected chi connectivity index (χ4v) is 3.98. The van der Waals surface area contributed by atoms with E-state index >= 15 is 0 Å². The van der Waals surface area contributed by atoms with E-state index in [1.54, 1.807) is 6.20 Å². The number of carbonyl (C=O) groups is 2. The lowest BCUT2D eigenvalue weighted by atomic mass is 10.0. The monoisotopic (exact) mass is 454 g/mol. The van der Waals surface area contributed by atoms with E-state index in [1.165, 1.54) is 17.5 Å². The Morgan fingerprint density at radius 3 is 2.76 bits per heavy atom. The highest BCUT2D eigenvalue weighted by molar-refractivity contribution is 6.10. The second-order valence-corrected chi connectivity index (χ2v) is 8.00. The number of pyridine rings is 1. The van der Waals surface area contributed by atoms with Gasteiger partial charge in [0.25, 0.3) is 5.91 Å². The lowest BCUT2D eigenvalue weighted by Crippen LogP contribution is -2.39. The zero-order valence-corrected chi connectivity index (χ0v) is 18.5. The molecule has 3 N–H and O–H groups in total. The van der Waals surface area contributed by atoms with E-state index in [2.05, 4.69) is 32.2 Å². The maximum Gasteiger partial charge on any atom is 0.292 e. The number of carbonyl (C=O) groups excluding carboxylic acids is 2. The second kappa shape index (κ2) is 8.70. The lowest BCUT2D eigenvalue weighted by molar-refractivity contribution is 0.0652. The van der Waals surface area contributed by atoms with Crippen molar-refractivity contribution in [3.05, 3.63) is 90.5 Å². The normalized spacial score (nSPS) is 12.9. The van der Waals surface area contributed by atoms with Gasteiger partial charge in [-0.1, -0.05) is 24.8 Å². The number of amides is 1. The molecule has 0 unspecified atom stereocenters. The summed E-state index contributed by atoms with van der Waals surface area (Å²) in [5, 5.41) is 6.52. The average Bonchev–Trinajstić information content (AvgIpc) is 3.48. The van der Waals surface area contributed by atoms with Crippen LogP contribution in [-0.4, -0.2) is 38.1 Å². The Morgan fingerprint density at radius 2 is 2.03 bits per heavy atom. The van der Waals surface area contributed by atoms with Crippen LogP contribution in [0.15, 0.2) is 77.9 Å². The number of allylic oxidation sites excluding steroid dienone is 1. The molecule has 0 saturated heterocycles. The smallest absolute Gasteiger partial charge is 0.292 e. The molecule has 3 aromatic heterocycles. The summed E-state index contributed by atoms with van der Waals surface area (Å²) in [6.45, 7) is 5.88. The van der Waals surface area contributed by atoms with E-state index in [4.69, 9.17) is 4.42 Å². The molecule has 4 heterocycles. The van der Waals surface area contributed by atoms with Crippen LogP contribution in [0, 0.1) is 0 Å². The number of anilines is 3. The predicted molar refractivity (Wildman–Crippen MR) is 128 cm³/mol. The Balaban J connectivity index is 1.58. The summed E-state index contributed by atoms with van der Waals surface area (Å²) in [5.74, 6) is 0.165. The first-order valence-corrected chi connectivity index (χ1v) is 10.7. The summed E-state index contributed by atoms with van der Waals surface area (Å²) in [7, 11) is 0. The summed E-state index contributed by atoms with van der Waals surface area (Å²) in [4.78, 5) is 39.1. The van der Waals surface area contributed by atoms with E-state index in [-0.39, 0.29) is 30.5 Å². The number of nitrogens with one attached hydrogen (secondary N) is 3. The minimum atomic E-state index is -0.387. The van der Waals surface area contributed by atoms with Crippen molar-refractivity contribution < 1.29 is 14.0 Å². The molecule has 1 aliphatic rings. The van der Waals surface area contributed by atoms with Gasteiger partial charge < -0.3 is 24.9 Å². The van der Waals surface area contributed by atoms with Gasteiger partial charge in [0.2, 0.25) is 5.76 Å². The molecular weight excluding hydrogens is 432 g/mol. The molecule has 1 aromatic carbocycles. The number of fused-ring (bicyclic) bond motifs is 1. The SMILES string of the molecule is C=C(C)Nc1cc(-c2[nH]c3c(c2Nc2ccccc2)C(=O)CN(C(=O)c2cnco2)C3)ccn1. The number of nitrogens with zero attached hydrogens (tertiary/aromatic N) is 3. The number of Topliss-reactive ketones (excluding diaryl/α,β-unsaturated/α-hetero) is 1. The molecule has 9 nitrogen and oxygen atoms in total. The van der Waals surface area contributed by atoms with Gasteiger partial charge in [-0.2, -0.15) is 0 Å². The number of para-hydroxylation sites is 1. The first kappa shape index (κ1) is 21.2. The highest BCUT2D eigenvalue weighted by atomic mass is 16.3. The van der Waals surface area contributed by atoms with Crippen molar-refractivity contribution in [2.75, 3.05) is 17.2 Å². The maximum atomic E-state index is 13.3. The molecule has 0 atom stereocenters. The van der Waals surface area contributed by atoms with Gasteiger partial charge >= 0.3 is 0 Å². The molecule has 9 heteroatoms. The van der Waals surface area contributed by atoms with Crippen LogP contribution in [0.3, 0.4) is 0 Å². The summed E-state index contributed by atoms with van der Waals surface area (Å²) >= 11 is 0. The number of rotatable bonds is 6. The van der Waals surface area contributed by atoms with Crippen molar-refractivity contribution in [1.82, 2.24) is 19.9 Å². The van der Waals surface area contributed by atoms with E-state index < -0.39 is 0 Å². The van der Waals surface area contributed by atoms with Gasteiger partial charge in [0, 0.05) is 28.8 Å². The first-order valence-electron chi connectivity index (χ1n) is 10.7. The molecule has 170 valence electrons. The number of oxazole rings is 1. The Labute approximate surface area is 195 Å². The number of aromatic amines is 1. The predicted octanol–water partition coefficient (Wildman–Crippen LogP) is 4.59. The Morgan fingerprint density at radius 1 is 1.21 bits per heavy atom. The highest BCUT2D eigenvalue weighted by Gasteiger charge is 2.34. The summed E-state index contributed by atoms with van der Waals surface area (Å²) < 4.78 is 5.14. The fraction of sp³-hybridized carbons (Fsp3) is 0.120. The van der Waals surface area contributed by atoms with Gasteiger partial charge in [-0.3, -0.25) is 9.59 Å². The van der Waals surface area contributed by atoms with Gasteiger partial charge in [0.05, 0.1) is 36.2 Å². The van der Waals surface area contributed by atoms with E-state index in [0.717, 1.165) is 22.6 Å². The van der Waals surface area contributed by atoms with Crippen molar-refractivity contribution in [3.8, 4) is 11.3 Å². The van der Waals surface area contributed by atoms with Gasteiger partial charge in [-0.25, -0.2) is 9.97 Å². The quantitative estimate of drug-likeness (QED) is 0.390. The molecule has 4 aromatic rings. The second-order valence-electron chi connectivity index (χ2n) is 8.00. The summed E-state index contributed by atoms with van der Waals surface area (Å²) in [6.07, 6.45) is 4.23. The fourth-order valence-electron chi connectivity index (χ4n) is 3.98. The maximum absolute atomic E-state index is 13.3. The van der Waals surface area contributed by atoms with Crippen LogP contribution in [0.2, 0.25) is 0 Å². The molecule has 0 spiro atoms. The zero-order valence-electron chi connectivity index (χ0n) is 18.5. The van der Waals surface area contributed by atoms with Crippen LogP contribution in [0.25, 0.3) is 11.3 Å². The highest BCUT2D eigenvalue weighted by Crippen LogP contribution is 2.38. The van der Waals surface area contributed by atoms with Crippen LogP contribution in [0.5, 0.6) is 0 Å². The van der Waals surface area contributed by atoms with Crippen LogP contribution in [0.4, 0.5) is 17.2 Å². The van der Waals surface area contributed by atoms with Crippen molar-refractivity contribution in [3.63, 3.8) is 0 Å². The van der Waals surface area contributed by atoms with Crippen molar-refractivity contribution >= 4 is 28.9 Å². The molecule has 0 aliphatic carbocycles. The molecule has 0 fully saturated rings. The number of hydrogen-bond donors (Lipinski definition) is 3. The number of H-pyrrole nitrogens is 1. The van der Waals surface area contributed by atoms with Crippen molar-refractivity contribution in [2.24, 2.45) is 0 Å². The molecule has 0 radical (unpaired) electrons. The van der Waals surface area contributed by atoms with Gasteiger partial charge in [-0.15, -0.1) is 0 Å². The molecule has 0 bridgehead atoms. The topological polar surface area (TPSA) is 116 Å². The number of aromatic nitrogens is 3. The summed E-state index contributed by atoms with van der Waals surface area (Å²) in [6, 6.07) is 13.4. The average molecular weight is 454 g/mol. The van der Waals surface area contributed by atoms with Crippen LogP contribution in [0.1, 0.15) is 33.5 Å². The zero-order chi connectivity index (χ0) is 23.7. The minimum absolute atomic E-state index is 0.0634. The van der Waals surface area contributed by atoms with E-state index in [0.29, 0.717) is 22.8 Å². The largest absolute Gasteiger partial charge is 0.438 e. The Hall–Kier alpha value is -4.66. The number of benzene rings is 1. The van der Waals surface area contributed by atoms with Crippen molar-refractivity contribution in [2.45, 2.75) is 13.5 Å². The molecule has 5 rings (SSSR count). The molecule has 1 amide bonds. The first-order chi connectivity index (χ1) is 16.5. The minimum Gasteiger partial charge on any atom is -0.438 e. The molecule has 1 aliphatic heterocycles. The third kappa shape index (κ3) is 4.06. The standard InChI is InChI=1S/C25H22N6O3/c1-15(2)28-21-10-16(8-9-27-21)23-24(29-17-6-4-3-5-7-17)22-18(30-23)12-31(13-19(22)32)25(33)20-11-26-14-34-20/h3-11,14,29-30H,1,12-13H2,2H3,(H,27,28). The van der Waals surface area contributed by atoms with Gasteiger partial charge in [-0.05, 0) is 31.2 Å². The Kier molecular flexibility index (Phi) is 5.43. The number of ketones is 1. The van der Waals surface area contributed by atoms with Crippen LogP contribution < -0.4 is 10.6 Å². The third-order valence-electron chi connectivity index (χ3n) is 5.40. The molecular formula is C25H22N6O3. The molecule has 34 heavy (non-hydrogen) atoms. The van der Waals surface area contributed by atoms with Crippen molar-refractivity contribution in [1.29, 1.82) is 0 Å². The van der Waals surface area contributed by atoms with Gasteiger partial charge in [0.1, 0.15) is 5.82 Å². The van der Waals surface area contributed by atoms with Crippen LogP contribution in [-0.2, 0) is 6.54 Å². The van der Waals surface area contributed by atoms with Gasteiger partial charge in [0.15, 0.2) is 12.2 Å². The Bertz CT molecular complexity index is 1380. The number of hydrogen-bond acceptors (Lipinski definition) is 7. The van der Waals surface area contributed by atoms with E-state index in [1.807, 2.05) is 49.4 Å². The van der Waals surface area contributed by atoms with Crippen LogP contribution >= 0.6 is 0 Å². The van der Waals surface area contributed by atoms with E-state index in [9.17, 15) is 9.59 Å². The molecule has 0 saturated carbocycles.